The summed E-state index contributed by atoms with van der Waals surface area (Å²) >= 11 is 0. The van der Waals surface area contributed by atoms with Crippen LogP contribution in [0.25, 0.3) is 0 Å². The summed E-state index contributed by atoms with van der Waals surface area (Å²) in [6.07, 6.45) is -0.532. The molecule has 1 saturated heterocycles. The Balaban J connectivity index is 2.14. The fourth-order valence-corrected chi connectivity index (χ4v) is 1.74. The van der Waals surface area contributed by atoms with Crippen molar-refractivity contribution in [1.82, 2.24) is 5.32 Å². The number of rotatable bonds is 3. The lowest BCUT2D eigenvalue weighted by molar-refractivity contribution is 0.0692. The second kappa shape index (κ2) is 4.31. The number of cyclic esters (lactones) is 1. The Morgan fingerprint density at radius 3 is 2.73 bits per heavy atom. The number of ether oxygens (including phenoxy) is 2. The Morgan fingerprint density at radius 1 is 1.47 bits per heavy atom. The Labute approximate surface area is 88.2 Å². The van der Waals surface area contributed by atoms with E-state index in [1.165, 1.54) is 0 Å². The number of benzene rings is 1. The van der Waals surface area contributed by atoms with E-state index in [0.717, 1.165) is 5.56 Å². The lowest BCUT2D eigenvalue weighted by Gasteiger charge is -2.20. The number of carbonyl (C=O) groups is 1. The zero-order chi connectivity index (χ0) is 10.7. The molecule has 0 radical (unpaired) electrons. The maximum absolute atomic E-state index is 10.9. The molecule has 0 aromatic heterocycles. The van der Waals surface area contributed by atoms with Gasteiger partial charge in [-0.2, -0.15) is 0 Å². The van der Waals surface area contributed by atoms with Gasteiger partial charge in [0.1, 0.15) is 12.7 Å². The van der Waals surface area contributed by atoms with Crippen LogP contribution in [-0.4, -0.2) is 25.9 Å². The zero-order valence-corrected chi connectivity index (χ0v) is 8.47. The van der Waals surface area contributed by atoms with E-state index in [9.17, 15) is 4.79 Å². The van der Waals surface area contributed by atoms with Crippen LogP contribution in [0.4, 0.5) is 4.79 Å². The lowest BCUT2D eigenvalue weighted by atomic mass is 10.0. The van der Waals surface area contributed by atoms with Crippen LogP contribution in [0, 0.1) is 0 Å². The third-order valence-corrected chi connectivity index (χ3v) is 2.44. The predicted molar refractivity (Wildman–Crippen MR) is 54.5 cm³/mol. The number of methoxy groups -OCH3 is 1. The largest absolute Gasteiger partial charge is 0.447 e. The number of amides is 1. The van der Waals surface area contributed by atoms with E-state index < -0.39 is 0 Å². The first kappa shape index (κ1) is 9.98. The number of hydrogen-bond acceptors (Lipinski definition) is 3. The van der Waals surface area contributed by atoms with Crippen molar-refractivity contribution in [1.29, 1.82) is 0 Å². The molecule has 1 aliphatic heterocycles. The highest BCUT2D eigenvalue weighted by atomic mass is 16.6. The molecule has 1 aliphatic rings. The molecule has 1 amide bonds. The molecule has 1 aromatic rings. The van der Waals surface area contributed by atoms with Gasteiger partial charge in [-0.15, -0.1) is 0 Å². The van der Waals surface area contributed by atoms with Crippen molar-refractivity contribution in [2.75, 3.05) is 13.7 Å². The van der Waals surface area contributed by atoms with Crippen LogP contribution >= 0.6 is 0 Å². The molecule has 0 saturated carbocycles. The summed E-state index contributed by atoms with van der Waals surface area (Å²) in [7, 11) is 1.63. The molecule has 2 rings (SSSR count). The van der Waals surface area contributed by atoms with Gasteiger partial charge < -0.3 is 14.8 Å². The maximum atomic E-state index is 10.9. The summed E-state index contributed by atoms with van der Waals surface area (Å²) in [4.78, 5) is 10.9. The first-order chi connectivity index (χ1) is 7.31. The van der Waals surface area contributed by atoms with Crippen molar-refractivity contribution in [3.05, 3.63) is 35.9 Å². The molecular formula is C11H13NO3. The van der Waals surface area contributed by atoms with Crippen LogP contribution in [0.2, 0.25) is 0 Å². The minimum Gasteiger partial charge on any atom is -0.447 e. The smallest absolute Gasteiger partial charge is 0.407 e. The average Bonchev–Trinajstić information content (AvgIpc) is 2.68. The van der Waals surface area contributed by atoms with E-state index in [-0.39, 0.29) is 18.2 Å². The van der Waals surface area contributed by atoms with E-state index in [4.69, 9.17) is 9.47 Å². The number of hydrogen-bond donors (Lipinski definition) is 1. The van der Waals surface area contributed by atoms with Gasteiger partial charge in [-0.3, -0.25) is 0 Å². The van der Waals surface area contributed by atoms with Crippen LogP contribution in [0.1, 0.15) is 11.7 Å². The normalized spacial score (nSPS) is 21.9. The van der Waals surface area contributed by atoms with Gasteiger partial charge >= 0.3 is 6.09 Å². The summed E-state index contributed by atoms with van der Waals surface area (Å²) in [5, 5.41) is 2.72. The Hall–Kier alpha value is -1.55. The minimum atomic E-state index is -0.377. The van der Waals surface area contributed by atoms with Gasteiger partial charge in [-0.05, 0) is 5.56 Å². The maximum Gasteiger partial charge on any atom is 0.407 e. The average molecular weight is 207 g/mol. The van der Waals surface area contributed by atoms with E-state index in [1.807, 2.05) is 30.3 Å². The van der Waals surface area contributed by atoms with Crippen LogP contribution in [0.3, 0.4) is 0 Å². The van der Waals surface area contributed by atoms with Crippen LogP contribution < -0.4 is 5.32 Å². The van der Waals surface area contributed by atoms with E-state index in [2.05, 4.69) is 5.32 Å². The second-order valence-corrected chi connectivity index (χ2v) is 3.42. The van der Waals surface area contributed by atoms with Gasteiger partial charge in [0, 0.05) is 7.11 Å². The monoisotopic (exact) mass is 207 g/mol. The molecule has 15 heavy (non-hydrogen) atoms. The van der Waals surface area contributed by atoms with Gasteiger partial charge in [0.25, 0.3) is 0 Å². The van der Waals surface area contributed by atoms with Gasteiger partial charge in [-0.25, -0.2) is 4.79 Å². The molecule has 4 nitrogen and oxygen atoms in total. The van der Waals surface area contributed by atoms with Crippen molar-refractivity contribution in [3.63, 3.8) is 0 Å². The molecule has 1 N–H and O–H groups in total. The van der Waals surface area contributed by atoms with Crippen molar-refractivity contribution < 1.29 is 14.3 Å². The molecular weight excluding hydrogens is 194 g/mol. The third-order valence-electron chi connectivity index (χ3n) is 2.44. The molecule has 0 spiro atoms. The van der Waals surface area contributed by atoms with Crippen molar-refractivity contribution in [2.24, 2.45) is 0 Å². The molecule has 0 unspecified atom stereocenters. The third kappa shape index (κ3) is 2.10. The standard InChI is InChI=1S/C11H13NO3/c1-14-10(8-5-3-2-4-6-8)9-7-15-11(13)12-9/h2-6,9-10H,7H2,1H3,(H,12,13)/t9-,10-/m0/s1. The van der Waals surface area contributed by atoms with E-state index in [1.54, 1.807) is 7.11 Å². The topological polar surface area (TPSA) is 47.6 Å². The number of carbonyl (C=O) groups excluding carboxylic acids is 1. The quantitative estimate of drug-likeness (QED) is 0.816. The first-order valence-corrected chi connectivity index (χ1v) is 4.82. The van der Waals surface area contributed by atoms with E-state index >= 15 is 0 Å². The summed E-state index contributed by atoms with van der Waals surface area (Å²) in [5.41, 5.74) is 1.04. The Morgan fingerprint density at radius 2 is 2.20 bits per heavy atom. The number of alkyl carbamates (subject to hydrolysis) is 1. The van der Waals surface area contributed by atoms with Gasteiger partial charge in [-0.1, -0.05) is 30.3 Å². The van der Waals surface area contributed by atoms with Gasteiger partial charge in [0.05, 0.1) is 6.04 Å². The summed E-state index contributed by atoms with van der Waals surface area (Å²) in [6, 6.07) is 9.67. The van der Waals surface area contributed by atoms with Crippen LogP contribution in [0.15, 0.2) is 30.3 Å². The molecule has 0 aliphatic carbocycles. The zero-order valence-electron chi connectivity index (χ0n) is 8.47. The Bertz CT molecular complexity index is 339. The first-order valence-electron chi connectivity index (χ1n) is 4.82. The SMILES string of the molecule is CO[C@@H](c1ccccc1)[C@@H]1COC(=O)N1. The predicted octanol–water partition coefficient (Wildman–Crippen LogP) is 1.48. The highest BCUT2D eigenvalue weighted by Crippen LogP contribution is 2.22. The second-order valence-electron chi connectivity index (χ2n) is 3.42. The van der Waals surface area contributed by atoms with Gasteiger partial charge in [0.15, 0.2) is 0 Å². The van der Waals surface area contributed by atoms with Crippen molar-refractivity contribution in [3.8, 4) is 0 Å². The highest BCUT2D eigenvalue weighted by molar-refractivity contribution is 5.69. The van der Waals surface area contributed by atoms with Crippen LogP contribution in [0.5, 0.6) is 0 Å². The molecule has 1 heterocycles. The lowest BCUT2D eigenvalue weighted by Crippen LogP contribution is -2.33. The summed E-state index contributed by atoms with van der Waals surface area (Å²) in [5.74, 6) is 0. The molecule has 2 atom stereocenters. The number of nitrogens with one attached hydrogen (secondary N) is 1. The van der Waals surface area contributed by atoms with Crippen molar-refractivity contribution >= 4 is 6.09 Å². The van der Waals surface area contributed by atoms with Crippen molar-refractivity contribution in [2.45, 2.75) is 12.1 Å². The highest BCUT2D eigenvalue weighted by Gasteiger charge is 2.31. The molecule has 0 bridgehead atoms. The fourth-order valence-electron chi connectivity index (χ4n) is 1.74. The minimum absolute atomic E-state index is 0.107. The van der Waals surface area contributed by atoms with E-state index in [0.29, 0.717) is 6.61 Å². The molecule has 80 valence electrons. The summed E-state index contributed by atoms with van der Waals surface area (Å²) in [6.45, 7) is 0.353. The van der Waals surface area contributed by atoms with Crippen LogP contribution in [-0.2, 0) is 9.47 Å². The molecule has 1 aromatic carbocycles. The summed E-state index contributed by atoms with van der Waals surface area (Å²) < 4.78 is 10.2. The fraction of sp³-hybridized carbons (Fsp3) is 0.364. The molecule has 4 heteroatoms. The van der Waals surface area contributed by atoms with Gasteiger partial charge in [0.2, 0.25) is 0 Å². The molecule has 1 fully saturated rings. The Kier molecular flexibility index (Phi) is 2.87.